The van der Waals surface area contributed by atoms with Crippen LogP contribution in [0, 0.1) is 0 Å². The van der Waals surface area contributed by atoms with Gasteiger partial charge in [-0.25, -0.2) is 0 Å². The number of nitrogens with one attached hydrogen (secondary N) is 1. The van der Waals surface area contributed by atoms with Gasteiger partial charge in [0.2, 0.25) is 5.91 Å². The van der Waals surface area contributed by atoms with E-state index in [2.05, 4.69) is 29.3 Å². The average molecular weight is 289 g/mol. The first-order valence-corrected chi connectivity index (χ1v) is 8.02. The Hall–Kier alpha value is -1.39. The lowest BCUT2D eigenvalue weighted by atomic mass is 10.1. The van der Waals surface area contributed by atoms with E-state index in [1.165, 1.54) is 18.4 Å². The first-order valence-electron chi connectivity index (χ1n) is 8.02. The third-order valence-electron chi connectivity index (χ3n) is 4.34. The Labute approximate surface area is 127 Å². The van der Waals surface area contributed by atoms with Crippen LogP contribution in [0.1, 0.15) is 31.7 Å². The number of carbonyl (C=O) groups excluding carboxylic acids is 1. The summed E-state index contributed by atoms with van der Waals surface area (Å²) in [7, 11) is 0. The lowest BCUT2D eigenvalue weighted by molar-refractivity contribution is -0.122. The molecule has 0 aromatic heterocycles. The summed E-state index contributed by atoms with van der Waals surface area (Å²) in [6, 6.07) is 10.2. The quantitative estimate of drug-likeness (QED) is 0.800. The lowest BCUT2D eigenvalue weighted by Crippen LogP contribution is -2.46. The zero-order valence-electron chi connectivity index (χ0n) is 12.9. The topological polar surface area (TPSA) is 58.4 Å². The zero-order chi connectivity index (χ0) is 15.1. The molecule has 0 aliphatic carbocycles. The van der Waals surface area contributed by atoms with E-state index < -0.39 is 6.04 Å². The fourth-order valence-corrected chi connectivity index (χ4v) is 2.99. The highest BCUT2D eigenvalue weighted by Crippen LogP contribution is 2.15. The highest BCUT2D eigenvalue weighted by atomic mass is 16.2. The minimum absolute atomic E-state index is 0.0196. The summed E-state index contributed by atoms with van der Waals surface area (Å²) in [6.45, 7) is 5.11. The first-order chi connectivity index (χ1) is 10.2. The van der Waals surface area contributed by atoms with Gasteiger partial charge in [0.1, 0.15) is 0 Å². The highest BCUT2D eigenvalue weighted by Gasteiger charge is 2.24. The largest absolute Gasteiger partial charge is 0.353 e. The van der Waals surface area contributed by atoms with E-state index in [0.717, 1.165) is 26.1 Å². The molecule has 4 heteroatoms. The van der Waals surface area contributed by atoms with Crippen molar-refractivity contribution >= 4 is 5.91 Å². The maximum atomic E-state index is 12.1. The van der Waals surface area contributed by atoms with E-state index >= 15 is 0 Å². The number of aryl methyl sites for hydroxylation is 1. The van der Waals surface area contributed by atoms with Crippen LogP contribution in [0.15, 0.2) is 30.3 Å². The Kier molecular flexibility index (Phi) is 6.21. The van der Waals surface area contributed by atoms with Crippen molar-refractivity contribution in [1.82, 2.24) is 10.2 Å². The molecule has 1 fully saturated rings. The van der Waals surface area contributed by atoms with Crippen LogP contribution in [0.5, 0.6) is 0 Å². The third kappa shape index (κ3) is 4.83. The summed E-state index contributed by atoms with van der Waals surface area (Å²) >= 11 is 0. The first kappa shape index (κ1) is 16.0. The molecular formula is C17H27N3O. The minimum Gasteiger partial charge on any atom is -0.353 e. The second kappa shape index (κ2) is 8.15. The van der Waals surface area contributed by atoms with Crippen molar-refractivity contribution in [2.45, 2.75) is 44.7 Å². The highest BCUT2D eigenvalue weighted by molar-refractivity contribution is 5.81. The van der Waals surface area contributed by atoms with Gasteiger partial charge >= 0.3 is 0 Å². The molecule has 2 rings (SSSR count). The molecule has 0 radical (unpaired) electrons. The second-order valence-electron chi connectivity index (χ2n) is 5.80. The molecule has 1 aliphatic heterocycles. The fourth-order valence-electron chi connectivity index (χ4n) is 2.99. The molecule has 1 aliphatic rings. The molecule has 1 aromatic carbocycles. The van der Waals surface area contributed by atoms with Crippen LogP contribution in [0.2, 0.25) is 0 Å². The molecule has 116 valence electrons. The van der Waals surface area contributed by atoms with Crippen LogP contribution < -0.4 is 11.1 Å². The molecule has 1 amide bonds. The van der Waals surface area contributed by atoms with Gasteiger partial charge in [0, 0.05) is 12.6 Å². The van der Waals surface area contributed by atoms with Gasteiger partial charge in [-0.2, -0.15) is 0 Å². The molecule has 2 atom stereocenters. The van der Waals surface area contributed by atoms with Crippen LogP contribution in [0.4, 0.5) is 0 Å². The van der Waals surface area contributed by atoms with Gasteiger partial charge in [0.05, 0.1) is 6.04 Å². The average Bonchev–Trinajstić information content (AvgIpc) is 2.98. The monoisotopic (exact) mass is 289 g/mol. The summed E-state index contributed by atoms with van der Waals surface area (Å²) in [5.74, 6) is -0.0196. The van der Waals surface area contributed by atoms with E-state index in [4.69, 9.17) is 5.73 Å². The summed E-state index contributed by atoms with van der Waals surface area (Å²) in [6.07, 6.45) is 3.94. The van der Waals surface area contributed by atoms with Gasteiger partial charge in [-0.3, -0.25) is 9.69 Å². The van der Waals surface area contributed by atoms with E-state index in [1.54, 1.807) is 0 Å². The van der Waals surface area contributed by atoms with E-state index in [1.807, 2.05) is 18.2 Å². The van der Waals surface area contributed by atoms with Gasteiger partial charge in [0.15, 0.2) is 0 Å². The van der Waals surface area contributed by atoms with Crippen molar-refractivity contribution in [2.24, 2.45) is 5.73 Å². The van der Waals surface area contributed by atoms with Crippen molar-refractivity contribution in [3.8, 4) is 0 Å². The zero-order valence-corrected chi connectivity index (χ0v) is 12.9. The molecule has 1 aromatic rings. The Balaban J connectivity index is 1.70. The van der Waals surface area contributed by atoms with E-state index in [9.17, 15) is 4.79 Å². The van der Waals surface area contributed by atoms with Gasteiger partial charge in [-0.05, 0) is 44.3 Å². The molecule has 0 saturated carbocycles. The van der Waals surface area contributed by atoms with Crippen molar-refractivity contribution in [1.29, 1.82) is 0 Å². The van der Waals surface area contributed by atoms with E-state index in [-0.39, 0.29) is 5.91 Å². The number of nitrogens with two attached hydrogens (primary N) is 1. The van der Waals surface area contributed by atoms with Crippen LogP contribution >= 0.6 is 0 Å². The van der Waals surface area contributed by atoms with Crippen molar-refractivity contribution in [2.75, 3.05) is 19.6 Å². The molecule has 1 heterocycles. The smallest absolute Gasteiger partial charge is 0.236 e. The van der Waals surface area contributed by atoms with Crippen molar-refractivity contribution in [3.63, 3.8) is 0 Å². The molecular weight excluding hydrogens is 262 g/mol. The van der Waals surface area contributed by atoms with Crippen LogP contribution in [0.25, 0.3) is 0 Å². The molecule has 3 N–H and O–H groups in total. The predicted octanol–water partition coefficient (Wildman–Crippen LogP) is 1.55. The Bertz CT molecular complexity index is 435. The van der Waals surface area contributed by atoms with E-state index in [0.29, 0.717) is 12.5 Å². The fraction of sp³-hybridized carbons (Fsp3) is 0.588. The molecule has 4 nitrogen and oxygen atoms in total. The molecule has 21 heavy (non-hydrogen) atoms. The molecule has 1 saturated heterocycles. The lowest BCUT2D eigenvalue weighted by Gasteiger charge is -2.23. The maximum absolute atomic E-state index is 12.1. The molecule has 0 bridgehead atoms. The number of hydrogen-bond acceptors (Lipinski definition) is 3. The van der Waals surface area contributed by atoms with Crippen LogP contribution in [0.3, 0.4) is 0 Å². The number of amides is 1. The number of likely N-dealkylation sites (N-methyl/N-ethyl adjacent to an activating group) is 1. The number of benzene rings is 1. The minimum atomic E-state index is -0.415. The SMILES string of the molecule is CCN1CCCC1CNC(=O)C(N)CCc1ccccc1. The standard InChI is InChI=1S/C17H27N3O/c1-2-20-12-6-9-15(20)13-19-17(21)16(18)11-10-14-7-4-3-5-8-14/h3-5,7-8,15-16H,2,6,9-13,18H2,1H3,(H,19,21). The Morgan fingerprint density at radius 3 is 2.90 bits per heavy atom. The summed E-state index contributed by atoms with van der Waals surface area (Å²) in [4.78, 5) is 14.5. The number of hydrogen-bond donors (Lipinski definition) is 2. The number of likely N-dealkylation sites (tertiary alicyclic amines) is 1. The number of rotatable bonds is 7. The molecule has 2 unspecified atom stereocenters. The number of carbonyl (C=O) groups is 1. The van der Waals surface area contributed by atoms with Crippen molar-refractivity contribution < 1.29 is 4.79 Å². The normalized spacial score (nSPS) is 20.4. The second-order valence-corrected chi connectivity index (χ2v) is 5.80. The summed E-state index contributed by atoms with van der Waals surface area (Å²) in [5, 5.41) is 3.02. The molecule has 0 spiro atoms. The maximum Gasteiger partial charge on any atom is 0.236 e. The van der Waals surface area contributed by atoms with Gasteiger partial charge in [0.25, 0.3) is 0 Å². The predicted molar refractivity (Wildman–Crippen MR) is 86.0 cm³/mol. The van der Waals surface area contributed by atoms with Crippen LogP contribution in [-0.2, 0) is 11.2 Å². The van der Waals surface area contributed by atoms with Crippen LogP contribution in [-0.4, -0.2) is 42.5 Å². The van der Waals surface area contributed by atoms with Crippen molar-refractivity contribution in [3.05, 3.63) is 35.9 Å². The Morgan fingerprint density at radius 2 is 2.19 bits per heavy atom. The third-order valence-corrected chi connectivity index (χ3v) is 4.34. The van der Waals surface area contributed by atoms with Gasteiger partial charge in [-0.15, -0.1) is 0 Å². The summed E-state index contributed by atoms with van der Waals surface area (Å²) in [5.41, 5.74) is 7.22. The summed E-state index contributed by atoms with van der Waals surface area (Å²) < 4.78 is 0. The van der Waals surface area contributed by atoms with Gasteiger partial charge in [-0.1, -0.05) is 37.3 Å². The Morgan fingerprint density at radius 1 is 1.43 bits per heavy atom. The number of nitrogens with zero attached hydrogens (tertiary/aromatic N) is 1. The van der Waals surface area contributed by atoms with Gasteiger partial charge < -0.3 is 11.1 Å².